The molecule has 1 amide bonds. The zero-order valence-corrected chi connectivity index (χ0v) is 16.6. The SMILES string of the molecule is CCN(C(=O)Cn1cccc1-c1nc(-c2cccc(Cl)c2)no1)c1ccccc1. The Balaban J connectivity index is 1.57. The van der Waals surface area contributed by atoms with E-state index in [4.69, 9.17) is 16.1 Å². The highest BCUT2D eigenvalue weighted by atomic mass is 35.5. The van der Waals surface area contributed by atoms with Crippen LogP contribution in [-0.2, 0) is 11.3 Å². The molecule has 0 aliphatic carbocycles. The second kappa shape index (κ2) is 8.32. The molecule has 146 valence electrons. The number of aromatic nitrogens is 3. The average molecular weight is 407 g/mol. The predicted molar refractivity (Wildman–Crippen MR) is 113 cm³/mol. The van der Waals surface area contributed by atoms with Crippen LogP contribution >= 0.6 is 11.6 Å². The van der Waals surface area contributed by atoms with Crippen molar-refractivity contribution in [2.45, 2.75) is 13.5 Å². The molecule has 0 bridgehead atoms. The van der Waals surface area contributed by atoms with Crippen LogP contribution in [0.3, 0.4) is 0 Å². The van der Waals surface area contributed by atoms with Gasteiger partial charge < -0.3 is 14.0 Å². The minimum absolute atomic E-state index is 0.0225. The maximum Gasteiger partial charge on any atom is 0.274 e. The van der Waals surface area contributed by atoms with E-state index in [0.717, 1.165) is 11.3 Å². The lowest BCUT2D eigenvalue weighted by atomic mass is 10.2. The fourth-order valence-corrected chi connectivity index (χ4v) is 3.35. The van der Waals surface area contributed by atoms with E-state index in [-0.39, 0.29) is 12.5 Å². The van der Waals surface area contributed by atoms with Crippen molar-refractivity contribution in [2.24, 2.45) is 0 Å². The lowest BCUT2D eigenvalue weighted by Crippen LogP contribution is -2.33. The highest BCUT2D eigenvalue weighted by molar-refractivity contribution is 6.30. The molecule has 0 spiro atoms. The third-order valence-electron chi connectivity index (χ3n) is 4.55. The topological polar surface area (TPSA) is 64.2 Å². The van der Waals surface area contributed by atoms with Crippen LogP contribution in [0.5, 0.6) is 0 Å². The smallest absolute Gasteiger partial charge is 0.274 e. The van der Waals surface area contributed by atoms with E-state index in [9.17, 15) is 4.79 Å². The Morgan fingerprint density at radius 1 is 1.10 bits per heavy atom. The van der Waals surface area contributed by atoms with E-state index in [0.29, 0.717) is 29.0 Å². The van der Waals surface area contributed by atoms with Crippen LogP contribution in [0.2, 0.25) is 5.02 Å². The van der Waals surface area contributed by atoms with Crippen LogP contribution in [0.25, 0.3) is 23.0 Å². The Morgan fingerprint density at radius 2 is 1.93 bits per heavy atom. The molecule has 0 saturated carbocycles. The molecule has 0 aliphatic rings. The van der Waals surface area contributed by atoms with Crippen molar-refractivity contribution in [3.05, 3.63) is 77.9 Å². The number of amides is 1. The molecule has 2 aromatic carbocycles. The van der Waals surface area contributed by atoms with E-state index in [1.54, 1.807) is 17.0 Å². The first-order chi connectivity index (χ1) is 14.2. The van der Waals surface area contributed by atoms with E-state index in [2.05, 4.69) is 10.1 Å². The van der Waals surface area contributed by atoms with Gasteiger partial charge in [-0.15, -0.1) is 0 Å². The van der Waals surface area contributed by atoms with Gasteiger partial charge in [-0.25, -0.2) is 0 Å². The second-order valence-electron chi connectivity index (χ2n) is 6.43. The standard InChI is InChI=1S/C22H19ClN4O2/c1-2-27(18-10-4-3-5-11-18)20(28)15-26-13-7-12-19(26)22-24-21(25-29-22)16-8-6-9-17(23)14-16/h3-14H,2,15H2,1H3. The number of likely N-dealkylation sites (N-methyl/N-ethyl adjacent to an activating group) is 1. The van der Waals surface area contributed by atoms with Crippen LogP contribution in [0, 0.1) is 0 Å². The number of rotatable bonds is 6. The van der Waals surface area contributed by atoms with Crippen LogP contribution in [0.15, 0.2) is 77.4 Å². The summed E-state index contributed by atoms with van der Waals surface area (Å²) in [4.78, 5) is 19.1. The molecule has 2 aromatic heterocycles. The van der Waals surface area contributed by atoms with E-state index >= 15 is 0 Å². The van der Waals surface area contributed by atoms with E-state index < -0.39 is 0 Å². The Labute approximate surface area is 173 Å². The molecule has 4 rings (SSSR count). The number of carbonyl (C=O) groups is 1. The lowest BCUT2D eigenvalue weighted by molar-refractivity contribution is -0.119. The molecule has 0 aliphatic heterocycles. The maximum absolute atomic E-state index is 12.9. The average Bonchev–Trinajstić information content (AvgIpc) is 3.39. The molecule has 0 radical (unpaired) electrons. The van der Waals surface area contributed by atoms with Crippen molar-refractivity contribution in [3.8, 4) is 23.0 Å². The van der Waals surface area contributed by atoms with Gasteiger partial charge in [-0.05, 0) is 43.3 Å². The highest BCUT2D eigenvalue weighted by Gasteiger charge is 2.18. The number of hydrogen-bond acceptors (Lipinski definition) is 4. The summed E-state index contributed by atoms with van der Waals surface area (Å²) in [6.07, 6.45) is 1.83. The lowest BCUT2D eigenvalue weighted by Gasteiger charge is -2.21. The Hall–Kier alpha value is -3.38. The largest absolute Gasteiger partial charge is 0.334 e. The first-order valence-corrected chi connectivity index (χ1v) is 9.64. The number of carbonyl (C=O) groups excluding carboxylic acids is 1. The molecule has 6 nitrogen and oxygen atoms in total. The third-order valence-corrected chi connectivity index (χ3v) is 4.78. The molecule has 0 atom stereocenters. The van der Waals surface area contributed by atoms with Crippen molar-refractivity contribution in [3.63, 3.8) is 0 Å². The number of anilines is 1. The predicted octanol–water partition coefficient (Wildman–Crippen LogP) is 4.91. The number of benzene rings is 2. The van der Waals surface area contributed by atoms with Crippen LogP contribution < -0.4 is 4.90 Å². The second-order valence-corrected chi connectivity index (χ2v) is 6.86. The molecular weight excluding hydrogens is 388 g/mol. The van der Waals surface area contributed by atoms with Gasteiger partial charge in [-0.2, -0.15) is 4.98 Å². The molecule has 4 aromatic rings. The summed E-state index contributed by atoms with van der Waals surface area (Å²) in [5, 5.41) is 4.65. The fourth-order valence-electron chi connectivity index (χ4n) is 3.16. The summed E-state index contributed by atoms with van der Waals surface area (Å²) < 4.78 is 7.26. The van der Waals surface area contributed by atoms with Crippen molar-refractivity contribution >= 4 is 23.2 Å². The van der Waals surface area contributed by atoms with Gasteiger partial charge in [-0.3, -0.25) is 4.79 Å². The van der Waals surface area contributed by atoms with Crippen molar-refractivity contribution in [2.75, 3.05) is 11.4 Å². The molecule has 0 fully saturated rings. The third kappa shape index (κ3) is 4.07. The maximum atomic E-state index is 12.9. The minimum atomic E-state index is -0.0225. The molecule has 29 heavy (non-hydrogen) atoms. The van der Waals surface area contributed by atoms with Crippen molar-refractivity contribution in [1.29, 1.82) is 0 Å². The summed E-state index contributed by atoms with van der Waals surface area (Å²) in [5.41, 5.74) is 2.32. The number of para-hydroxylation sites is 1. The molecule has 0 saturated heterocycles. The number of hydrogen-bond donors (Lipinski definition) is 0. The zero-order valence-electron chi connectivity index (χ0n) is 15.8. The summed E-state index contributed by atoms with van der Waals surface area (Å²) in [6, 6.07) is 20.6. The van der Waals surface area contributed by atoms with E-state index in [1.807, 2.05) is 72.3 Å². The summed E-state index contributed by atoms with van der Waals surface area (Å²) in [7, 11) is 0. The van der Waals surface area contributed by atoms with Gasteiger partial charge in [-0.1, -0.05) is 47.1 Å². The number of halogens is 1. The summed E-state index contributed by atoms with van der Waals surface area (Å²) in [6.45, 7) is 2.70. The molecule has 0 unspecified atom stereocenters. The van der Waals surface area contributed by atoms with Gasteiger partial charge in [0.25, 0.3) is 5.89 Å². The van der Waals surface area contributed by atoms with Crippen molar-refractivity contribution in [1.82, 2.24) is 14.7 Å². The quantitative estimate of drug-likeness (QED) is 0.456. The normalized spacial score (nSPS) is 10.8. The van der Waals surface area contributed by atoms with Gasteiger partial charge >= 0.3 is 0 Å². The highest BCUT2D eigenvalue weighted by Crippen LogP contribution is 2.25. The zero-order chi connectivity index (χ0) is 20.2. The van der Waals surface area contributed by atoms with Crippen LogP contribution in [0.1, 0.15) is 6.92 Å². The van der Waals surface area contributed by atoms with Gasteiger partial charge in [0.15, 0.2) is 0 Å². The Kier molecular flexibility index (Phi) is 5.44. The Morgan fingerprint density at radius 3 is 2.69 bits per heavy atom. The Bertz CT molecular complexity index is 1120. The summed E-state index contributed by atoms with van der Waals surface area (Å²) >= 11 is 6.05. The molecular formula is C22H19ClN4O2. The first kappa shape index (κ1) is 19.0. The monoisotopic (exact) mass is 406 g/mol. The van der Waals surface area contributed by atoms with Gasteiger partial charge in [0.1, 0.15) is 12.2 Å². The molecule has 7 heteroatoms. The van der Waals surface area contributed by atoms with Crippen LogP contribution in [0.4, 0.5) is 5.69 Å². The minimum Gasteiger partial charge on any atom is -0.334 e. The molecule has 2 heterocycles. The van der Waals surface area contributed by atoms with Gasteiger partial charge in [0.2, 0.25) is 11.7 Å². The van der Waals surface area contributed by atoms with Gasteiger partial charge in [0, 0.05) is 29.0 Å². The van der Waals surface area contributed by atoms with Gasteiger partial charge in [0.05, 0.1) is 0 Å². The van der Waals surface area contributed by atoms with Crippen LogP contribution in [-0.4, -0.2) is 27.2 Å². The van der Waals surface area contributed by atoms with E-state index in [1.165, 1.54) is 0 Å². The molecule has 0 N–H and O–H groups in total. The number of nitrogens with zero attached hydrogens (tertiary/aromatic N) is 4. The van der Waals surface area contributed by atoms with Crippen molar-refractivity contribution < 1.29 is 9.32 Å². The fraction of sp³-hybridized carbons (Fsp3) is 0.136. The first-order valence-electron chi connectivity index (χ1n) is 9.26. The summed E-state index contributed by atoms with van der Waals surface area (Å²) in [5.74, 6) is 0.771.